The fourth-order valence-electron chi connectivity index (χ4n) is 1.12. The monoisotopic (exact) mass is 290 g/mol. The maximum Gasteiger partial charge on any atom is 0.356 e. The van der Waals surface area contributed by atoms with Crippen LogP contribution in [0.25, 0.3) is 4.96 Å². The zero-order valence-electron chi connectivity index (χ0n) is 8.85. The second-order valence-corrected chi connectivity index (χ2v) is 5.77. The van der Waals surface area contributed by atoms with Crippen molar-refractivity contribution in [3.8, 4) is 0 Å². The van der Waals surface area contributed by atoms with E-state index in [9.17, 15) is 18.0 Å². The van der Waals surface area contributed by atoms with E-state index in [1.807, 2.05) is 0 Å². The Morgan fingerprint density at radius 1 is 1.56 bits per heavy atom. The van der Waals surface area contributed by atoms with Crippen molar-refractivity contribution >= 4 is 32.3 Å². The van der Waals surface area contributed by atoms with Gasteiger partial charge in [0.15, 0.2) is 5.69 Å². The molecule has 0 spiro atoms. The molecule has 2 N–H and O–H groups in total. The van der Waals surface area contributed by atoms with Crippen LogP contribution in [-0.2, 0) is 14.8 Å². The van der Waals surface area contributed by atoms with Gasteiger partial charge in [0.1, 0.15) is 0 Å². The van der Waals surface area contributed by atoms with Crippen LogP contribution in [-0.4, -0.2) is 36.1 Å². The lowest BCUT2D eigenvalue weighted by atomic mass is 10.4. The minimum Gasteiger partial charge on any atom is -0.464 e. The number of nitrogens with two attached hydrogens (primary N) is 1. The van der Waals surface area contributed by atoms with Gasteiger partial charge in [0.2, 0.25) is 9.30 Å². The smallest absolute Gasteiger partial charge is 0.356 e. The summed E-state index contributed by atoms with van der Waals surface area (Å²) in [4.78, 5) is 26.5. The van der Waals surface area contributed by atoms with Crippen LogP contribution in [0.1, 0.15) is 10.5 Å². The van der Waals surface area contributed by atoms with Gasteiger partial charge < -0.3 is 4.74 Å². The highest BCUT2D eigenvalue weighted by molar-refractivity contribution is 7.91. The molecule has 2 aromatic rings. The number of sulfonamides is 1. The Morgan fingerprint density at radius 3 is 2.78 bits per heavy atom. The number of carbonyl (C=O) groups excluding carboxylic acids is 1. The van der Waals surface area contributed by atoms with E-state index in [-0.39, 0.29) is 10.7 Å². The van der Waals surface area contributed by atoms with Crippen molar-refractivity contribution < 1.29 is 17.9 Å². The predicted octanol–water partition coefficient (Wildman–Crippen LogP) is -1.41. The molecular formula is C7H6N4O5S2. The average molecular weight is 290 g/mol. The summed E-state index contributed by atoms with van der Waals surface area (Å²) in [5.41, 5.74) is -0.932. The number of aromatic nitrogens is 3. The van der Waals surface area contributed by atoms with Gasteiger partial charge in [-0.1, -0.05) is 11.3 Å². The van der Waals surface area contributed by atoms with E-state index in [1.54, 1.807) is 0 Å². The first-order valence-electron chi connectivity index (χ1n) is 4.35. The molecule has 0 radical (unpaired) electrons. The Labute approximate surface area is 104 Å². The predicted molar refractivity (Wildman–Crippen MR) is 59.8 cm³/mol. The van der Waals surface area contributed by atoms with Crippen LogP contribution in [0.3, 0.4) is 0 Å². The van der Waals surface area contributed by atoms with Crippen molar-refractivity contribution in [1.29, 1.82) is 0 Å². The summed E-state index contributed by atoms with van der Waals surface area (Å²) in [7, 11) is -2.90. The van der Waals surface area contributed by atoms with E-state index in [0.717, 1.165) is 17.7 Å². The number of primary sulfonamides is 1. The number of hydrogen-bond acceptors (Lipinski definition) is 8. The molecule has 0 bridgehead atoms. The van der Waals surface area contributed by atoms with Crippen LogP contribution in [0.2, 0.25) is 0 Å². The maximum atomic E-state index is 11.6. The molecule has 0 aliphatic rings. The molecule has 0 fully saturated rings. The topological polar surface area (TPSA) is 134 Å². The third-order valence-electron chi connectivity index (χ3n) is 1.86. The number of rotatable bonds is 2. The van der Waals surface area contributed by atoms with Gasteiger partial charge in [0, 0.05) is 6.07 Å². The summed E-state index contributed by atoms with van der Waals surface area (Å²) < 4.78 is 26.8. The maximum absolute atomic E-state index is 11.6. The van der Waals surface area contributed by atoms with E-state index < -0.39 is 25.9 Å². The third-order valence-corrected chi connectivity index (χ3v) is 4.08. The second-order valence-electron chi connectivity index (χ2n) is 3.08. The Kier molecular flexibility index (Phi) is 2.88. The number of esters is 1. The van der Waals surface area contributed by atoms with Crippen LogP contribution >= 0.6 is 11.3 Å². The Balaban J connectivity index is 2.75. The molecule has 2 aromatic heterocycles. The summed E-state index contributed by atoms with van der Waals surface area (Å²) in [5.74, 6) is -0.805. The number of ether oxygens (including phenoxy) is 1. The Morgan fingerprint density at radius 2 is 2.22 bits per heavy atom. The van der Waals surface area contributed by atoms with Crippen LogP contribution in [0.4, 0.5) is 0 Å². The summed E-state index contributed by atoms with van der Waals surface area (Å²) in [6, 6.07) is 0.894. The lowest BCUT2D eigenvalue weighted by Gasteiger charge is -1.96. The van der Waals surface area contributed by atoms with Gasteiger partial charge in [-0.15, -0.1) is 5.10 Å². The van der Waals surface area contributed by atoms with Crippen LogP contribution < -0.4 is 10.7 Å². The van der Waals surface area contributed by atoms with E-state index in [0.29, 0.717) is 11.3 Å². The van der Waals surface area contributed by atoms with Crippen LogP contribution in [0.15, 0.2) is 15.2 Å². The number of carbonyl (C=O) groups is 1. The fraction of sp³-hybridized carbons (Fsp3) is 0.143. The van der Waals surface area contributed by atoms with E-state index >= 15 is 0 Å². The van der Waals surface area contributed by atoms with Crippen LogP contribution in [0.5, 0.6) is 0 Å². The number of hydrogen-bond donors (Lipinski definition) is 1. The number of methoxy groups -OCH3 is 1. The highest BCUT2D eigenvalue weighted by atomic mass is 32.2. The minimum atomic E-state index is -4.03. The number of fused-ring (bicyclic) bond motifs is 1. The molecule has 0 unspecified atom stereocenters. The Bertz CT molecular complexity index is 790. The van der Waals surface area contributed by atoms with Crippen molar-refractivity contribution in [2.24, 2.45) is 5.14 Å². The van der Waals surface area contributed by atoms with E-state index in [1.165, 1.54) is 0 Å². The summed E-state index contributed by atoms with van der Waals surface area (Å²) in [6.45, 7) is 0. The van der Waals surface area contributed by atoms with Crippen molar-refractivity contribution in [1.82, 2.24) is 14.6 Å². The SMILES string of the molecule is COC(=O)c1cc(=O)n2nc(S(N)(=O)=O)sc2n1. The number of nitrogens with zero attached hydrogens (tertiary/aromatic N) is 3. The zero-order valence-corrected chi connectivity index (χ0v) is 10.5. The molecule has 0 saturated heterocycles. The quantitative estimate of drug-likeness (QED) is 0.671. The molecule has 0 aromatic carbocycles. The summed E-state index contributed by atoms with van der Waals surface area (Å²) >= 11 is 0.580. The molecule has 96 valence electrons. The van der Waals surface area contributed by atoms with E-state index in [4.69, 9.17) is 5.14 Å². The molecule has 11 heteroatoms. The lowest BCUT2D eigenvalue weighted by Crippen LogP contribution is -2.19. The zero-order chi connectivity index (χ0) is 13.5. The summed E-state index contributed by atoms with van der Waals surface area (Å²) in [6.07, 6.45) is 0. The van der Waals surface area contributed by atoms with Gasteiger partial charge in [-0.2, -0.15) is 4.52 Å². The van der Waals surface area contributed by atoms with Crippen molar-refractivity contribution in [2.45, 2.75) is 4.34 Å². The van der Waals surface area contributed by atoms with Gasteiger partial charge in [-0.05, 0) is 0 Å². The molecule has 2 rings (SSSR count). The van der Waals surface area contributed by atoms with Crippen molar-refractivity contribution in [3.05, 3.63) is 22.1 Å². The highest BCUT2D eigenvalue weighted by Gasteiger charge is 2.18. The highest BCUT2D eigenvalue weighted by Crippen LogP contribution is 2.15. The standard InChI is InChI=1S/C7H6N4O5S2/c1-16-5(13)3-2-4(12)11-6(9-3)17-7(10-11)18(8,14)15/h2H,1H3,(H2,8,14,15). The van der Waals surface area contributed by atoms with Crippen molar-refractivity contribution in [2.75, 3.05) is 7.11 Å². The molecule has 0 amide bonds. The minimum absolute atomic E-state index is 0.0630. The van der Waals surface area contributed by atoms with Gasteiger partial charge in [-0.3, -0.25) is 4.79 Å². The fourth-order valence-corrected chi connectivity index (χ4v) is 2.64. The van der Waals surface area contributed by atoms with E-state index in [2.05, 4.69) is 14.8 Å². The van der Waals surface area contributed by atoms with Gasteiger partial charge in [0.05, 0.1) is 7.11 Å². The second kappa shape index (κ2) is 4.12. The van der Waals surface area contributed by atoms with Crippen molar-refractivity contribution in [3.63, 3.8) is 0 Å². The normalized spacial score (nSPS) is 11.7. The third kappa shape index (κ3) is 2.10. The molecule has 18 heavy (non-hydrogen) atoms. The van der Waals surface area contributed by atoms with Crippen LogP contribution in [0, 0.1) is 0 Å². The largest absolute Gasteiger partial charge is 0.464 e. The lowest BCUT2D eigenvalue weighted by molar-refractivity contribution is 0.0594. The molecule has 9 nitrogen and oxygen atoms in total. The molecule has 0 aliphatic carbocycles. The van der Waals surface area contributed by atoms with Gasteiger partial charge in [-0.25, -0.2) is 23.3 Å². The van der Waals surface area contributed by atoms with Gasteiger partial charge >= 0.3 is 5.97 Å². The Hall–Kier alpha value is -1.85. The molecule has 0 atom stereocenters. The first-order chi connectivity index (χ1) is 8.32. The van der Waals surface area contributed by atoms with Gasteiger partial charge in [0.25, 0.3) is 15.6 Å². The summed E-state index contributed by atoms with van der Waals surface area (Å²) in [5, 5.41) is 8.38. The molecule has 2 heterocycles. The molecule has 0 aliphatic heterocycles. The average Bonchev–Trinajstić information content (AvgIpc) is 2.72. The molecule has 0 saturated carbocycles. The first kappa shape index (κ1) is 12.6. The molecular weight excluding hydrogens is 284 g/mol. The first-order valence-corrected chi connectivity index (χ1v) is 6.71.